The smallest absolute Gasteiger partial charge is 0.265 e. The van der Waals surface area contributed by atoms with Gasteiger partial charge in [-0.1, -0.05) is 30.3 Å². The van der Waals surface area contributed by atoms with Crippen molar-refractivity contribution in [3.05, 3.63) is 106 Å². The number of rotatable bonds is 3. The van der Waals surface area contributed by atoms with Gasteiger partial charge in [-0.2, -0.15) is 0 Å². The third-order valence-corrected chi connectivity index (χ3v) is 5.85. The number of allylic oxidation sites excluding steroid dienone is 3. The van der Waals surface area contributed by atoms with E-state index >= 15 is 0 Å². The maximum Gasteiger partial charge on any atom is 0.265 e. The highest BCUT2D eigenvalue weighted by molar-refractivity contribution is 5.89. The first-order valence-corrected chi connectivity index (χ1v) is 10.6. The molecule has 4 nitrogen and oxygen atoms in total. The van der Waals surface area contributed by atoms with Gasteiger partial charge in [-0.15, -0.1) is 0 Å². The van der Waals surface area contributed by atoms with Crippen molar-refractivity contribution in [2.75, 3.05) is 0 Å². The summed E-state index contributed by atoms with van der Waals surface area (Å²) in [5.74, 6) is 0.655. The monoisotopic (exact) mass is 419 g/mol. The molecule has 0 bridgehead atoms. The van der Waals surface area contributed by atoms with E-state index < -0.39 is 5.60 Å². The highest BCUT2D eigenvalue weighted by Gasteiger charge is 2.27. The van der Waals surface area contributed by atoms with E-state index in [0.29, 0.717) is 12.2 Å². The lowest BCUT2D eigenvalue weighted by Gasteiger charge is -2.32. The molecule has 0 saturated carbocycles. The molecule has 1 aliphatic rings. The minimum Gasteiger partial charge on any atom is -0.488 e. The van der Waals surface area contributed by atoms with Gasteiger partial charge < -0.3 is 9.30 Å². The number of aromatic nitrogens is 1. The Hall–Kier alpha value is -4.02. The summed E-state index contributed by atoms with van der Waals surface area (Å²) >= 11 is 0. The molecule has 0 spiro atoms. The first kappa shape index (κ1) is 21.2. The summed E-state index contributed by atoms with van der Waals surface area (Å²) in [6.07, 6.45) is 6.27. The largest absolute Gasteiger partial charge is 0.488 e. The number of hydrogen-bond acceptors (Lipinski definition) is 2. The summed E-state index contributed by atoms with van der Waals surface area (Å²) in [6.45, 7) is 15.5. The highest BCUT2D eigenvalue weighted by atomic mass is 16.5. The fraction of sp³-hybridized carbons (Fsp3) is 0.214. The number of fused-ring (bicyclic) bond motifs is 1. The molecule has 0 aliphatic carbocycles. The SMILES string of the molecule is [C-]#[N+]/C(C#N)=C1C=C(/C=C/c2ccc3c(c2)c(C)c(C)n3-c2ccccc2)OC(C)(C)C\1. The topological polar surface area (TPSA) is 42.3 Å². The van der Waals surface area contributed by atoms with Gasteiger partial charge in [0, 0.05) is 23.2 Å². The van der Waals surface area contributed by atoms with Crippen LogP contribution in [0, 0.1) is 31.8 Å². The predicted octanol–water partition coefficient (Wildman–Crippen LogP) is 7.04. The van der Waals surface area contributed by atoms with Crippen molar-refractivity contribution in [3.63, 3.8) is 0 Å². The Bertz CT molecular complexity index is 1350. The second-order valence-corrected chi connectivity index (χ2v) is 8.67. The molecule has 158 valence electrons. The number of aryl methyl sites for hydroxylation is 1. The molecule has 4 rings (SSSR count). The Labute approximate surface area is 189 Å². The average molecular weight is 420 g/mol. The van der Waals surface area contributed by atoms with Crippen LogP contribution in [0.2, 0.25) is 0 Å². The van der Waals surface area contributed by atoms with Gasteiger partial charge in [0.2, 0.25) is 0 Å². The van der Waals surface area contributed by atoms with Gasteiger partial charge in [-0.05, 0) is 80.8 Å². The molecular weight excluding hydrogens is 394 g/mol. The lowest BCUT2D eigenvalue weighted by atomic mass is 9.93. The number of benzene rings is 2. The maximum absolute atomic E-state index is 9.26. The number of ether oxygens (including phenoxy) is 1. The van der Waals surface area contributed by atoms with E-state index in [2.05, 4.69) is 65.7 Å². The van der Waals surface area contributed by atoms with Gasteiger partial charge in [-0.25, -0.2) is 10.1 Å². The zero-order chi connectivity index (χ0) is 22.9. The zero-order valence-electron chi connectivity index (χ0n) is 18.8. The van der Waals surface area contributed by atoms with E-state index in [1.165, 1.54) is 22.2 Å². The second-order valence-electron chi connectivity index (χ2n) is 8.67. The lowest BCUT2D eigenvalue weighted by Crippen LogP contribution is -2.27. The van der Waals surface area contributed by atoms with Crippen LogP contribution in [-0.2, 0) is 4.74 Å². The third kappa shape index (κ3) is 3.96. The molecule has 0 amide bonds. The van der Waals surface area contributed by atoms with E-state index in [9.17, 15) is 5.26 Å². The molecule has 0 atom stereocenters. The van der Waals surface area contributed by atoms with Gasteiger partial charge in [-0.3, -0.25) is 0 Å². The zero-order valence-corrected chi connectivity index (χ0v) is 18.8. The normalized spacial score (nSPS) is 16.9. The Kier molecular flexibility index (Phi) is 5.47. The quantitative estimate of drug-likeness (QED) is 0.337. The van der Waals surface area contributed by atoms with Crippen molar-refractivity contribution in [1.29, 1.82) is 5.26 Å². The van der Waals surface area contributed by atoms with E-state index in [-0.39, 0.29) is 5.70 Å². The molecule has 4 heteroatoms. The summed E-state index contributed by atoms with van der Waals surface area (Å²) < 4.78 is 8.37. The highest BCUT2D eigenvalue weighted by Crippen LogP contribution is 2.33. The average Bonchev–Trinajstić information content (AvgIpc) is 3.02. The minimum absolute atomic E-state index is 0.127. The molecule has 1 aromatic heterocycles. The van der Waals surface area contributed by atoms with Crippen LogP contribution >= 0.6 is 0 Å². The number of para-hydroxylation sites is 1. The van der Waals surface area contributed by atoms with Crippen molar-refractivity contribution in [1.82, 2.24) is 4.57 Å². The van der Waals surface area contributed by atoms with Crippen LogP contribution in [0.15, 0.2) is 77.7 Å². The molecule has 32 heavy (non-hydrogen) atoms. The summed E-state index contributed by atoms with van der Waals surface area (Å²) in [6, 6.07) is 18.8. The summed E-state index contributed by atoms with van der Waals surface area (Å²) in [7, 11) is 0. The van der Waals surface area contributed by atoms with E-state index in [1.807, 2.05) is 38.1 Å². The van der Waals surface area contributed by atoms with Crippen LogP contribution in [0.3, 0.4) is 0 Å². The molecule has 0 unspecified atom stereocenters. The van der Waals surface area contributed by atoms with Crippen molar-refractivity contribution < 1.29 is 4.74 Å². The van der Waals surface area contributed by atoms with E-state index in [1.54, 1.807) is 6.08 Å². The van der Waals surface area contributed by atoms with Crippen molar-refractivity contribution in [2.45, 2.75) is 39.7 Å². The molecular formula is C28H25N3O. The Morgan fingerprint density at radius 2 is 1.91 bits per heavy atom. The molecule has 1 aliphatic heterocycles. The van der Waals surface area contributed by atoms with Crippen molar-refractivity contribution in [3.8, 4) is 11.8 Å². The maximum atomic E-state index is 9.26. The number of nitrogens with zero attached hydrogens (tertiary/aromatic N) is 3. The van der Waals surface area contributed by atoms with Gasteiger partial charge in [0.25, 0.3) is 5.70 Å². The van der Waals surface area contributed by atoms with E-state index in [0.717, 1.165) is 16.8 Å². The summed E-state index contributed by atoms with van der Waals surface area (Å²) in [5, 5.41) is 10.5. The van der Waals surface area contributed by atoms with Gasteiger partial charge >= 0.3 is 0 Å². The summed E-state index contributed by atoms with van der Waals surface area (Å²) in [4.78, 5) is 3.37. The fourth-order valence-electron chi connectivity index (χ4n) is 4.25. The first-order valence-electron chi connectivity index (χ1n) is 10.6. The van der Waals surface area contributed by atoms with Crippen LogP contribution in [0.25, 0.3) is 27.5 Å². The molecule has 3 aromatic rings. The molecule has 2 aromatic carbocycles. The van der Waals surface area contributed by atoms with Crippen molar-refractivity contribution in [2.24, 2.45) is 0 Å². The second kappa shape index (κ2) is 8.25. The summed E-state index contributed by atoms with van der Waals surface area (Å²) in [5.41, 5.74) is 6.26. The number of hydrogen-bond donors (Lipinski definition) is 0. The van der Waals surface area contributed by atoms with Crippen LogP contribution < -0.4 is 0 Å². The number of nitriles is 1. The Morgan fingerprint density at radius 1 is 1.16 bits per heavy atom. The van der Waals surface area contributed by atoms with Crippen LogP contribution in [-0.4, -0.2) is 10.2 Å². The molecule has 2 heterocycles. The predicted molar refractivity (Wildman–Crippen MR) is 129 cm³/mol. The van der Waals surface area contributed by atoms with Gasteiger partial charge in [0.15, 0.2) is 0 Å². The molecule has 0 fully saturated rings. The van der Waals surface area contributed by atoms with Gasteiger partial charge in [0.05, 0.1) is 18.2 Å². The van der Waals surface area contributed by atoms with Crippen molar-refractivity contribution >= 4 is 17.0 Å². The standard InChI is InChI=1S/C28H25N3O/c1-19-20(2)31(23-9-7-6-8-10-23)27-14-12-21(15-25(19)27)11-13-24-16-22(26(18-29)30-5)17-28(3,4)32-24/h6-16H,17H2,1-4H3/b13-11+,26-22+. The van der Waals surface area contributed by atoms with E-state index in [4.69, 9.17) is 11.3 Å². The Balaban J connectivity index is 1.73. The molecule has 0 radical (unpaired) electrons. The van der Waals surface area contributed by atoms with Crippen LogP contribution in [0.5, 0.6) is 0 Å². The first-order chi connectivity index (χ1) is 15.3. The van der Waals surface area contributed by atoms with Gasteiger partial charge in [0.1, 0.15) is 11.4 Å². The lowest BCUT2D eigenvalue weighted by molar-refractivity contribution is 0.0356. The third-order valence-electron chi connectivity index (χ3n) is 5.85. The fourth-order valence-corrected chi connectivity index (χ4v) is 4.25. The molecule has 0 N–H and O–H groups in total. The Morgan fingerprint density at radius 3 is 2.59 bits per heavy atom. The van der Waals surface area contributed by atoms with Crippen LogP contribution in [0.4, 0.5) is 0 Å². The molecule has 0 saturated heterocycles. The minimum atomic E-state index is -0.471. The van der Waals surface area contributed by atoms with Crippen LogP contribution in [0.1, 0.15) is 37.1 Å².